The fraction of sp³-hybridized carbons (Fsp3) is 0.0952. The van der Waals surface area contributed by atoms with E-state index < -0.39 is 10.0 Å². The van der Waals surface area contributed by atoms with E-state index in [0.717, 1.165) is 0 Å². The molecule has 0 aromatic heterocycles. The van der Waals surface area contributed by atoms with Gasteiger partial charge in [0.05, 0.1) is 11.5 Å². The van der Waals surface area contributed by atoms with Gasteiger partial charge >= 0.3 is 0 Å². The number of benzene rings is 3. The van der Waals surface area contributed by atoms with Gasteiger partial charge in [-0.25, -0.2) is 8.42 Å². The van der Waals surface area contributed by atoms with Gasteiger partial charge in [0.1, 0.15) is 5.75 Å². The molecule has 144 valence electrons. The van der Waals surface area contributed by atoms with Crippen molar-refractivity contribution in [2.45, 2.75) is 11.8 Å². The molecule has 3 rings (SSSR count). The summed E-state index contributed by atoms with van der Waals surface area (Å²) >= 11 is 0. The molecule has 0 fully saturated rings. The summed E-state index contributed by atoms with van der Waals surface area (Å²) in [5.74, 6) is 0.273. The van der Waals surface area contributed by atoms with E-state index in [4.69, 9.17) is 4.74 Å². The van der Waals surface area contributed by atoms with Gasteiger partial charge in [-0.3, -0.25) is 9.52 Å². The second-order valence-electron chi connectivity index (χ2n) is 5.91. The second kappa shape index (κ2) is 8.58. The van der Waals surface area contributed by atoms with E-state index in [2.05, 4.69) is 10.0 Å². The Balaban J connectivity index is 1.77. The lowest BCUT2D eigenvalue weighted by Crippen LogP contribution is -2.16. The van der Waals surface area contributed by atoms with E-state index in [0.29, 0.717) is 23.7 Å². The number of carbonyl (C=O) groups excluding carboxylic acids is 1. The molecule has 0 saturated heterocycles. The molecular weight excluding hydrogens is 376 g/mol. The van der Waals surface area contributed by atoms with Crippen LogP contribution in [0.1, 0.15) is 17.3 Å². The van der Waals surface area contributed by atoms with Crippen LogP contribution in [0.3, 0.4) is 0 Å². The molecule has 0 saturated carbocycles. The molecule has 0 bridgehead atoms. The molecule has 28 heavy (non-hydrogen) atoms. The molecular formula is C21H20N2O4S. The largest absolute Gasteiger partial charge is 0.494 e. The van der Waals surface area contributed by atoms with Crippen LogP contribution in [-0.4, -0.2) is 20.9 Å². The maximum absolute atomic E-state index is 12.7. The first-order valence-electron chi connectivity index (χ1n) is 8.70. The number of para-hydroxylation sites is 1. The molecule has 1 amide bonds. The number of carbonyl (C=O) groups is 1. The monoisotopic (exact) mass is 396 g/mol. The van der Waals surface area contributed by atoms with Gasteiger partial charge in [-0.1, -0.05) is 24.3 Å². The average Bonchev–Trinajstić information content (AvgIpc) is 2.70. The number of anilines is 2. The Morgan fingerprint density at radius 3 is 2.29 bits per heavy atom. The van der Waals surface area contributed by atoms with Crippen LogP contribution in [0.5, 0.6) is 5.75 Å². The minimum atomic E-state index is -3.84. The van der Waals surface area contributed by atoms with Crippen molar-refractivity contribution in [1.29, 1.82) is 0 Å². The number of ether oxygens (including phenoxy) is 1. The van der Waals surface area contributed by atoms with Gasteiger partial charge in [0.2, 0.25) is 0 Å². The summed E-state index contributed by atoms with van der Waals surface area (Å²) < 4.78 is 33.2. The van der Waals surface area contributed by atoms with Crippen molar-refractivity contribution in [2.75, 3.05) is 16.6 Å². The van der Waals surface area contributed by atoms with Crippen molar-refractivity contribution in [3.8, 4) is 5.75 Å². The van der Waals surface area contributed by atoms with Gasteiger partial charge < -0.3 is 10.1 Å². The van der Waals surface area contributed by atoms with E-state index >= 15 is 0 Å². The Bertz CT molecular complexity index is 1050. The molecule has 7 heteroatoms. The Labute approximate surface area is 164 Å². The lowest BCUT2D eigenvalue weighted by molar-refractivity contribution is 0.102. The maximum Gasteiger partial charge on any atom is 0.261 e. The summed E-state index contributed by atoms with van der Waals surface area (Å²) in [4.78, 5) is 12.4. The van der Waals surface area contributed by atoms with E-state index in [1.807, 2.05) is 13.0 Å². The SMILES string of the molecule is CCOc1ccc(NS(=O)(=O)c2cccc(C(=O)Nc3ccccc3)c2)cc1. The lowest BCUT2D eigenvalue weighted by Gasteiger charge is -2.11. The highest BCUT2D eigenvalue weighted by Gasteiger charge is 2.17. The number of nitrogens with one attached hydrogen (secondary N) is 2. The molecule has 3 aromatic rings. The van der Waals surface area contributed by atoms with Gasteiger partial charge in [-0.15, -0.1) is 0 Å². The molecule has 0 atom stereocenters. The zero-order valence-corrected chi connectivity index (χ0v) is 16.1. The number of rotatable bonds is 7. The van der Waals surface area contributed by atoms with Gasteiger partial charge in [0.25, 0.3) is 15.9 Å². The minimum Gasteiger partial charge on any atom is -0.494 e. The van der Waals surface area contributed by atoms with Crippen LogP contribution >= 0.6 is 0 Å². The first-order valence-corrected chi connectivity index (χ1v) is 10.2. The van der Waals surface area contributed by atoms with Crippen molar-refractivity contribution < 1.29 is 17.9 Å². The van der Waals surface area contributed by atoms with Gasteiger partial charge in [0.15, 0.2) is 0 Å². The summed E-state index contributed by atoms with van der Waals surface area (Å²) in [6.07, 6.45) is 0. The topological polar surface area (TPSA) is 84.5 Å². The summed E-state index contributed by atoms with van der Waals surface area (Å²) in [6.45, 7) is 2.40. The van der Waals surface area contributed by atoms with Crippen molar-refractivity contribution in [2.24, 2.45) is 0 Å². The van der Waals surface area contributed by atoms with E-state index in [1.165, 1.54) is 18.2 Å². The number of hydrogen-bond donors (Lipinski definition) is 2. The van der Waals surface area contributed by atoms with Crippen LogP contribution in [0.25, 0.3) is 0 Å². The van der Waals surface area contributed by atoms with Crippen LogP contribution in [0, 0.1) is 0 Å². The third-order valence-corrected chi connectivity index (χ3v) is 5.23. The van der Waals surface area contributed by atoms with Gasteiger partial charge in [0, 0.05) is 16.9 Å². The zero-order valence-electron chi connectivity index (χ0n) is 15.3. The quantitative estimate of drug-likeness (QED) is 0.629. The van der Waals surface area contributed by atoms with Crippen molar-refractivity contribution in [3.05, 3.63) is 84.4 Å². The first-order chi connectivity index (χ1) is 13.5. The van der Waals surface area contributed by atoms with Crippen molar-refractivity contribution in [3.63, 3.8) is 0 Å². The second-order valence-corrected chi connectivity index (χ2v) is 7.59. The standard InChI is InChI=1S/C21H20N2O4S/c1-2-27-19-13-11-18(12-14-19)23-28(25,26)20-10-6-7-16(15-20)21(24)22-17-8-4-3-5-9-17/h3-15,23H,2H2,1H3,(H,22,24). The normalized spacial score (nSPS) is 10.9. The highest BCUT2D eigenvalue weighted by Crippen LogP contribution is 2.20. The third kappa shape index (κ3) is 4.89. The number of amides is 1. The van der Waals surface area contributed by atoms with Crippen LogP contribution < -0.4 is 14.8 Å². The fourth-order valence-electron chi connectivity index (χ4n) is 2.53. The first kappa shape index (κ1) is 19.4. The van der Waals surface area contributed by atoms with Crippen molar-refractivity contribution in [1.82, 2.24) is 0 Å². The molecule has 6 nitrogen and oxygen atoms in total. The number of sulfonamides is 1. The van der Waals surface area contributed by atoms with Crippen LogP contribution in [0.15, 0.2) is 83.8 Å². The summed E-state index contributed by atoms with van der Waals surface area (Å²) in [5.41, 5.74) is 1.29. The Hall–Kier alpha value is -3.32. The van der Waals surface area contributed by atoms with Gasteiger partial charge in [-0.05, 0) is 61.5 Å². The van der Waals surface area contributed by atoms with Crippen molar-refractivity contribution >= 4 is 27.3 Å². The summed E-state index contributed by atoms with van der Waals surface area (Å²) in [7, 11) is -3.84. The summed E-state index contributed by atoms with van der Waals surface area (Å²) in [5, 5.41) is 2.74. The number of hydrogen-bond acceptors (Lipinski definition) is 4. The molecule has 0 aliphatic heterocycles. The molecule has 0 radical (unpaired) electrons. The highest BCUT2D eigenvalue weighted by atomic mass is 32.2. The maximum atomic E-state index is 12.7. The van der Waals surface area contributed by atoms with E-state index in [1.54, 1.807) is 54.6 Å². The third-order valence-electron chi connectivity index (χ3n) is 3.86. The van der Waals surface area contributed by atoms with E-state index in [-0.39, 0.29) is 16.4 Å². The van der Waals surface area contributed by atoms with Crippen LogP contribution in [-0.2, 0) is 10.0 Å². The van der Waals surface area contributed by atoms with Crippen LogP contribution in [0.2, 0.25) is 0 Å². The van der Waals surface area contributed by atoms with Crippen LogP contribution in [0.4, 0.5) is 11.4 Å². The molecule has 0 aliphatic carbocycles. The van der Waals surface area contributed by atoms with Gasteiger partial charge in [-0.2, -0.15) is 0 Å². The molecule has 0 spiro atoms. The minimum absolute atomic E-state index is 0.00194. The predicted octanol–water partition coefficient (Wildman–Crippen LogP) is 4.14. The molecule has 0 heterocycles. The molecule has 3 aromatic carbocycles. The molecule has 0 unspecified atom stereocenters. The molecule has 0 aliphatic rings. The predicted molar refractivity (Wildman–Crippen MR) is 109 cm³/mol. The van der Waals surface area contributed by atoms with E-state index in [9.17, 15) is 13.2 Å². The zero-order chi connectivity index (χ0) is 20.0. The Morgan fingerprint density at radius 2 is 1.61 bits per heavy atom. The highest BCUT2D eigenvalue weighted by molar-refractivity contribution is 7.92. The Morgan fingerprint density at radius 1 is 0.893 bits per heavy atom. The fourth-order valence-corrected chi connectivity index (χ4v) is 3.63. The lowest BCUT2D eigenvalue weighted by atomic mass is 10.2. The molecule has 2 N–H and O–H groups in total. The Kier molecular flexibility index (Phi) is 5.96. The summed E-state index contributed by atoms with van der Waals surface area (Å²) in [6, 6.07) is 21.5. The average molecular weight is 396 g/mol. The smallest absolute Gasteiger partial charge is 0.261 e.